The van der Waals surface area contributed by atoms with Crippen LogP contribution in [0.1, 0.15) is 63.0 Å². The third-order valence-corrected chi connectivity index (χ3v) is 6.43. The summed E-state index contributed by atoms with van der Waals surface area (Å²) in [5.74, 6) is 4.04. The second-order valence-electron chi connectivity index (χ2n) is 8.86. The Kier molecular flexibility index (Phi) is 4.76. The van der Waals surface area contributed by atoms with E-state index in [-0.39, 0.29) is 12.5 Å². The predicted molar refractivity (Wildman–Crippen MR) is 103 cm³/mol. The van der Waals surface area contributed by atoms with Gasteiger partial charge in [0.2, 0.25) is 0 Å². The van der Waals surface area contributed by atoms with E-state index in [1.54, 1.807) is 0 Å². The summed E-state index contributed by atoms with van der Waals surface area (Å²) in [5, 5.41) is 4.55. The number of hydrogen-bond acceptors (Lipinski definition) is 3. The number of carbonyl (C=O) groups is 1. The van der Waals surface area contributed by atoms with Crippen LogP contribution in [0.2, 0.25) is 0 Å². The van der Waals surface area contributed by atoms with Gasteiger partial charge in [0.1, 0.15) is 5.75 Å². The topological polar surface area (TPSA) is 50.7 Å². The van der Waals surface area contributed by atoms with Crippen LogP contribution in [0.3, 0.4) is 0 Å². The van der Waals surface area contributed by atoms with E-state index in [4.69, 9.17) is 4.74 Å². The summed E-state index contributed by atoms with van der Waals surface area (Å²) in [6.07, 6.45) is 6.53. The average Bonchev–Trinajstić information content (AvgIpc) is 2.58. The molecule has 0 unspecified atom stereocenters. The van der Waals surface area contributed by atoms with Gasteiger partial charge in [-0.15, -0.1) is 0 Å². The van der Waals surface area contributed by atoms with Gasteiger partial charge in [-0.3, -0.25) is 4.79 Å². The molecule has 1 N–H and O–H groups in total. The smallest absolute Gasteiger partial charge is 0.277 e. The van der Waals surface area contributed by atoms with Crippen LogP contribution in [0, 0.1) is 30.6 Å². The maximum atomic E-state index is 12.3. The Morgan fingerprint density at radius 2 is 1.81 bits per heavy atom. The fraction of sp³-hybridized carbons (Fsp3) is 0.636. The summed E-state index contributed by atoms with van der Waals surface area (Å²) in [6, 6.07) is 6.18. The lowest BCUT2D eigenvalue weighted by Crippen LogP contribution is -2.46. The van der Waals surface area contributed by atoms with Gasteiger partial charge in [0.25, 0.3) is 5.91 Å². The third kappa shape index (κ3) is 3.51. The van der Waals surface area contributed by atoms with Crippen molar-refractivity contribution in [1.29, 1.82) is 0 Å². The molecule has 4 nitrogen and oxygen atoms in total. The van der Waals surface area contributed by atoms with Gasteiger partial charge in [0, 0.05) is 5.71 Å². The maximum absolute atomic E-state index is 12.3. The van der Waals surface area contributed by atoms with Gasteiger partial charge in [-0.1, -0.05) is 26.0 Å². The summed E-state index contributed by atoms with van der Waals surface area (Å²) in [5.41, 5.74) is 6.29. The number of ether oxygens (including phenoxy) is 1. The zero-order valence-corrected chi connectivity index (χ0v) is 16.1. The molecule has 4 bridgehead atoms. The van der Waals surface area contributed by atoms with Crippen LogP contribution in [0.15, 0.2) is 23.3 Å². The lowest BCUT2D eigenvalue weighted by atomic mass is 9.55. The van der Waals surface area contributed by atoms with E-state index in [1.165, 1.54) is 37.8 Å². The molecule has 0 heterocycles. The molecule has 140 valence electrons. The Bertz CT molecular complexity index is 693. The van der Waals surface area contributed by atoms with E-state index >= 15 is 0 Å². The minimum Gasteiger partial charge on any atom is -0.483 e. The van der Waals surface area contributed by atoms with Crippen LogP contribution in [-0.4, -0.2) is 18.2 Å². The summed E-state index contributed by atoms with van der Waals surface area (Å²) in [4.78, 5) is 12.3. The van der Waals surface area contributed by atoms with Crippen molar-refractivity contribution in [3.05, 3.63) is 29.3 Å². The Morgan fingerprint density at radius 3 is 2.42 bits per heavy atom. The molecule has 4 heteroatoms. The van der Waals surface area contributed by atoms with E-state index in [0.29, 0.717) is 17.8 Å². The molecule has 0 atom stereocenters. The molecule has 1 aromatic carbocycles. The number of nitrogens with zero attached hydrogens (tertiary/aromatic N) is 1. The Balaban J connectivity index is 1.36. The number of hydrazone groups is 1. The van der Waals surface area contributed by atoms with Gasteiger partial charge >= 0.3 is 0 Å². The van der Waals surface area contributed by atoms with Crippen LogP contribution in [0.5, 0.6) is 5.75 Å². The monoisotopic (exact) mass is 354 g/mol. The summed E-state index contributed by atoms with van der Waals surface area (Å²) < 4.78 is 5.82. The SMILES string of the molecule is Cc1ccc(C(C)C)c(OCC(=O)NN=C2C3CC4CC(C3)CC2C4)c1. The van der Waals surface area contributed by atoms with Crippen LogP contribution >= 0.6 is 0 Å². The third-order valence-electron chi connectivity index (χ3n) is 6.43. The first-order chi connectivity index (χ1) is 12.5. The Labute approximate surface area is 156 Å². The van der Waals surface area contributed by atoms with Gasteiger partial charge in [0.05, 0.1) is 0 Å². The fourth-order valence-electron chi connectivity index (χ4n) is 5.40. The molecule has 26 heavy (non-hydrogen) atoms. The van der Waals surface area contributed by atoms with Crippen molar-refractivity contribution < 1.29 is 9.53 Å². The van der Waals surface area contributed by atoms with Crippen molar-refractivity contribution in [3.63, 3.8) is 0 Å². The number of rotatable bonds is 5. The van der Waals surface area contributed by atoms with Crippen LogP contribution in [0.4, 0.5) is 0 Å². The zero-order valence-electron chi connectivity index (χ0n) is 16.1. The number of hydrogen-bond donors (Lipinski definition) is 1. The molecular formula is C22H30N2O2. The largest absolute Gasteiger partial charge is 0.483 e. The van der Waals surface area contributed by atoms with Crippen molar-refractivity contribution in [2.24, 2.45) is 28.8 Å². The van der Waals surface area contributed by atoms with E-state index in [1.807, 2.05) is 13.0 Å². The molecule has 0 aliphatic heterocycles. The number of benzene rings is 1. The van der Waals surface area contributed by atoms with E-state index in [0.717, 1.165) is 28.7 Å². The van der Waals surface area contributed by atoms with Crippen molar-refractivity contribution >= 4 is 11.6 Å². The van der Waals surface area contributed by atoms with Gasteiger partial charge < -0.3 is 4.74 Å². The predicted octanol–water partition coefficient (Wildman–Crippen LogP) is 4.43. The molecule has 0 radical (unpaired) electrons. The molecule has 0 saturated heterocycles. The number of nitrogens with one attached hydrogen (secondary N) is 1. The number of aryl methyl sites for hydroxylation is 1. The number of carbonyl (C=O) groups excluding carboxylic acids is 1. The molecule has 4 aliphatic rings. The van der Waals surface area contributed by atoms with Crippen LogP contribution < -0.4 is 10.2 Å². The molecule has 1 amide bonds. The molecule has 0 spiro atoms. The lowest BCUT2D eigenvalue weighted by Gasteiger charge is -2.50. The van der Waals surface area contributed by atoms with Gasteiger partial charge in [-0.05, 0) is 85.8 Å². The second kappa shape index (κ2) is 7.05. The van der Waals surface area contributed by atoms with Crippen LogP contribution in [0.25, 0.3) is 0 Å². The highest BCUT2D eigenvalue weighted by Crippen LogP contribution is 2.52. The maximum Gasteiger partial charge on any atom is 0.277 e. The van der Waals surface area contributed by atoms with Crippen molar-refractivity contribution in [1.82, 2.24) is 5.43 Å². The molecule has 0 aromatic heterocycles. The number of amides is 1. The Hall–Kier alpha value is -1.84. The lowest BCUT2D eigenvalue weighted by molar-refractivity contribution is -0.123. The van der Waals surface area contributed by atoms with Crippen LogP contribution in [-0.2, 0) is 4.79 Å². The molecule has 1 aromatic rings. The molecule has 4 saturated carbocycles. The first-order valence-corrected chi connectivity index (χ1v) is 10.1. The normalized spacial score (nSPS) is 29.2. The minimum atomic E-state index is -0.164. The Morgan fingerprint density at radius 1 is 1.15 bits per heavy atom. The standard InChI is InChI=1S/C22H30N2O2/c1-13(2)19-5-4-14(3)6-20(19)26-12-21(25)23-24-22-17-8-15-7-16(10-17)11-18(22)9-15/h4-6,13,15-18H,7-12H2,1-3H3,(H,23,25). The average molecular weight is 354 g/mol. The molecule has 4 fully saturated rings. The summed E-state index contributed by atoms with van der Waals surface area (Å²) in [6.45, 7) is 6.32. The highest BCUT2D eigenvalue weighted by Gasteiger charge is 2.46. The van der Waals surface area contributed by atoms with Gasteiger partial charge in [0.15, 0.2) is 6.61 Å². The highest BCUT2D eigenvalue weighted by molar-refractivity contribution is 5.92. The summed E-state index contributed by atoms with van der Waals surface area (Å²) in [7, 11) is 0. The fourth-order valence-corrected chi connectivity index (χ4v) is 5.40. The molecule has 5 rings (SSSR count). The van der Waals surface area contributed by atoms with Gasteiger partial charge in [-0.2, -0.15) is 5.10 Å². The van der Waals surface area contributed by atoms with Crippen molar-refractivity contribution in [2.45, 2.75) is 58.8 Å². The minimum absolute atomic E-state index is 0.0144. The van der Waals surface area contributed by atoms with Crippen molar-refractivity contribution in [3.8, 4) is 5.75 Å². The quantitative estimate of drug-likeness (QED) is 0.796. The van der Waals surface area contributed by atoms with Gasteiger partial charge in [-0.25, -0.2) is 5.43 Å². The zero-order chi connectivity index (χ0) is 18.3. The van der Waals surface area contributed by atoms with E-state index < -0.39 is 0 Å². The van der Waals surface area contributed by atoms with E-state index in [2.05, 4.69) is 36.5 Å². The molecular weight excluding hydrogens is 324 g/mol. The molecule has 4 aliphatic carbocycles. The van der Waals surface area contributed by atoms with E-state index in [9.17, 15) is 4.79 Å². The first kappa shape index (κ1) is 17.6. The first-order valence-electron chi connectivity index (χ1n) is 10.1. The van der Waals surface area contributed by atoms with Crippen molar-refractivity contribution in [2.75, 3.05) is 6.61 Å². The highest BCUT2D eigenvalue weighted by atomic mass is 16.5. The summed E-state index contributed by atoms with van der Waals surface area (Å²) >= 11 is 0. The second-order valence-corrected chi connectivity index (χ2v) is 8.86.